The zero-order valence-electron chi connectivity index (χ0n) is 10.2. The van der Waals surface area contributed by atoms with Gasteiger partial charge in [0.15, 0.2) is 5.78 Å². The van der Waals surface area contributed by atoms with E-state index in [0.29, 0.717) is 30.9 Å². The number of ketones is 1. The molecule has 92 valence electrons. The van der Waals surface area contributed by atoms with Crippen molar-refractivity contribution in [3.05, 3.63) is 22.8 Å². The van der Waals surface area contributed by atoms with Crippen molar-refractivity contribution >= 4 is 5.78 Å². The number of nitrogens with two attached hydrogens (primary N) is 1. The molecule has 1 heterocycles. The van der Waals surface area contributed by atoms with Crippen molar-refractivity contribution in [2.45, 2.75) is 19.8 Å². The largest absolute Gasteiger partial charge is 0.496 e. The van der Waals surface area contributed by atoms with Crippen molar-refractivity contribution in [3.63, 3.8) is 0 Å². The van der Waals surface area contributed by atoms with Crippen LogP contribution in [0.2, 0.25) is 0 Å². The highest BCUT2D eigenvalue weighted by Crippen LogP contribution is 2.37. The Labute approximate surface area is 101 Å². The normalized spacial score (nSPS) is 13.1. The number of ether oxygens (including phenoxy) is 2. The molecule has 0 radical (unpaired) electrons. The Morgan fingerprint density at radius 3 is 3.00 bits per heavy atom. The maximum absolute atomic E-state index is 12.1. The Morgan fingerprint density at radius 2 is 2.35 bits per heavy atom. The predicted octanol–water partition coefficient (Wildman–Crippen LogP) is 1.47. The molecule has 0 amide bonds. The first-order valence-corrected chi connectivity index (χ1v) is 5.75. The van der Waals surface area contributed by atoms with Crippen LogP contribution in [-0.4, -0.2) is 26.0 Å². The second-order valence-corrected chi connectivity index (χ2v) is 4.14. The quantitative estimate of drug-likeness (QED) is 0.803. The summed E-state index contributed by atoms with van der Waals surface area (Å²) in [5, 5.41) is 0. The summed E-state index contributed by atoms with van der Waals surface area (Å²) >= 11 is 0. The van der Waals surface area contributed by atoms with Crippen LogP contribution >= 0.6 is 0 Å². The Hall–Kier alpha value is -1.55. The van der Waals surface area contributed by atoms with E-state index in [2.05, 4.69) is 0 Å². The lowest BCUT2D eigenvalue weighted by Crippen LogP contribution is -2.12. The number of aryl methyl sites for hydroxylation is 1. The second kappa shape index (κ2) is 4.75. The van der Waals surface area contributed by atoms with E-state index in [-0.39, 0.29) is 5.78 Å². The van der Waals surface area contributed by atoms with E-state index in [1.165, 1.54) is 0 Å². The smallest absolute Gasteiger partial charge is 0.168 e. The summed E-state index contributed by atoms with van der Waals surface area (Å²) in [6, 6.07) is 1.93. The van der Waals surface area contributed by atoms with Gasteiger partial charge in [0.25, 0.3) is 0 Å². The molecule has 1 aromatic carbocycles. The molecular weight excluding hydrogens is 218 g/mol. The summed E-state index contributed by atoms with van der Waals surface area (Å²) in [5.41, 5.74) is 7.99. The molecule has 4 heteroatoms. The molecule has 0 aromatic heterocycles. The molecular formula is C13H17NO3. The minimum atomic E-state index is 0.0369. The van der Waals surface area contributed by atoms with E-state index in [4.69, 9.17) is 15.2 Å². The molecule has 0 saturated heterocycles. The van der Waals surface area contributed by atoms with Gasteiger partial charge in [-0.05, 0) is 25.1 Å². The van der Waals surface area contributed by atoms with Crippen LogP contribution in [0.3, 0.4) is 0 Å². The van der Waals surface area contributed by atoms with Gasteiger partial charge in [-0.1, -0.05) is 0 Å². The molecule has 1 aromatic rings. The highest BCUT2D eigenvalue weighted by atomic mass is 16.5. The Balaban J connectivity index is 2.57. The zero-order chi connectivity index (χ0) is 12.4. The molecule has 1 aliphatic heterocycles. The fourth-order valence-electron chi connectivity index (χ4n) is 2.26. The van der Waals surface area contributed by atoms with Gasteiger partial charge in [-0.2, -0.15) is 0 Å². The predicted molar refractivity (Wildman–Crippen MR) is 64.9 cm³/mol. The van der Waals surface area contributed by atoms with Crippen LogP contribution in [0.4, 0.5) is 0 Å². The number of benzene rings is 1. The molecule has 17 heavy (non-hydrogen) atoms. The standard InChI is InChI=1S/C13H17NO3/c1-8-7-11-9(4-6-17-11)12(13(8)16-2)10(15)3-5-14/h7H,3-6,14H2,1-2H3. The molecule has 4 nitrogen and oxygen atoms in total. The molecule has 2 rings (SSSR count). The SMILES string of the molecule is COc1c(C)cc2c(c1C(=O)CCN)CCO2. The summed E-state index contributed by atoms with van der Waals surface area (Å²) in [7, 11) is 1.59. The summed E-state index contributed by atoms with van der Waals surface area (Å²) in [6.45, 7) is 2.90. The van der Waals surface area contributed by atoms with Gasteiger partial charge in [0.2, 0.25) is 0 Å². The lowest BCUT2D eigenvalue weighted by molar-refractivity contribution is 0.0981. The third-order valence-electron chi connectivity index (χ3n) is 3.00. The molecule has 0 spiro atoms. The zero-order valence-corrected chi connectivity index (χ0v) is 10.2. The van der Waals surface area contributed by atoms with Gasteiger partial charge in [0.05, 0.1) is 19.3 Å². The van der Waals surface area contributed by atoms with Crippen LogP contribution in [0.5, 0.6) is 11.5 Å². The van der Waals surface area contributed by atoms with Gasteiger partial charge in [0, 0.05) is 18.4 Å². The maximum atomic E-state index is 12.1. The third kappa shape index (κ3) is 2.00. The lowest BCUT2D eigenvalue weighted by atomic mass is 9.96. The first kappa shape index (κ1) is 11.9. The van der Waals surface area contributed by atoms with Crippen LogP contribution in [0.1, 0.15) is 27.9 Å². The summed E-state index contributed by atoms with van der Waals surface area (Å²) in [4.78, 5) is 12.1. The summed E-state index contributed by atoms with van der Waals surface area (Å²) < 4.78 is 10.9. The molecule has 0 bridgehead atoms. The highest BCUT2D eigenvalue weighted by molar-refractivity contribution is 6.01. The van der Waals surface area contributed by atoms with Crippen LogP contribution in [0.25, 0.3) is 0 Å². The van der Waals surface area contributed by atoms with E-state index in [9.17, 15) is 4.79 Å². The van der Waals surface area contributed by atoms with Gasteiger partial charge < -0.3 is 15.2 Å². The van der Waals surface area contributed by atoms with Crippen LogP contribution in [0, 0.1) is 6.92 Å². The van der Waals surface area contributed by atoms with Crippen LogP contribution in [-0.2, 0) is 6.42 Å². The van der Waals surface area contributed by atoms with E-state index in [1.807, 2.05) is 13.0 Å². The monoisotopic (exact) mass is 235 g/mol. The van der Waals surface area contributed by atoms with Crippen molar-refractivity contribution < 1.29 is 14.3 Å². The number of methoxy groups -OCH3 is 1. The molecule has 0 atom stereocenters. The minimum Gasteiger partial charge on any atom is -0.496 e. The van der Waals surface area contributed by atoms with Gasteiger partial charge >= 0.3 is 0 Å². The first-order chi connectivity index (χ1) is 8.19. The van der Waals surface area contributed by atoms with E-state index in [0.717, 1.165) is 23.3 Å². The van der Waals surface area contributed by atoms with Crippen LogP contribution < -0.4 is 15.2 Å². The fourth-order valence-corrected chi connectivity index (χ4v) is 2.26. The average molecular weight is 235 g/mol. The van der Waals surface area contributed by atoms with Gasteiger partial charge in [-0.15, -0.1) is 0 Å². The van der Waals surface area contributed by atoms with Crippen molar-refractivity contribution in [1.82, 2.24) is 0 Å². The molecule has 0 unspecified atom stereocenters. The average Bonchev–Trinajstić information content (AvgIpc) is 2.74. The van der Waals surface area contributed by atoms with E-state index in [1.54, 1.807) is 7.11 Å². The Kier molecular flexibility index (Phi) is 3.33. The first-order valence-electron chi connectivity index (χ1n) is 5.75. The number of fused-ring (bicyclic) bond motifs is 1. The van der Waals surface area contributed by atoms with Gasteiger partial charge in [-0.25, -0.2) is 0 Å². The number of rotatable bonds is 4. The molecule has 0 saturated carbocycles. The third-order valence-corrected chi connectivity index (χ3v) is 3.00. The van der Waals surface area contributed by atoms with Crippen molar-refractivity contribution in [2.24, 2.45) is 5.73 Å². The van der Waals surface area contributed by atoms with E-state index < -0.39 is 0 Å². The maximum Gasteiger partial charge on any atom is 0.168 e. The number of Topliss-reactive ketones (excluding diaryl/α,β-unsaturated/α-hetero) is 1. The van der Waals surface area contributed by atoms with Crippen molar-refractivity contribution in [2.75, 3.05) is 20.3 Å². The highest BCUT2D eigenvalue weighted by Gasteiger charge is 2.25. The van der Waals surface area contributed by atoms with Crippen molar-refractivity contribution in [3.8, 4) is 11.5 Å². The Bertz CT molecular complexity index is 451. The topological polar surface area (TPSA) is 61.5 Å². The molecule has 0 aliphatic carbocycles. The van der Waals surface area contributed by atoms with Gasteiger partial charge in [0.1, 0.15) is 11.5 Å². The van der Waals surface area contributed by atoms with Crippen molar-refractivity contribution in [1.29, 1.82) is 0 Å². The lowest BCUT2D eigenvalue weighted by Gasteiger charge is -2.14. The van der Waals surface area contributed by atoms with E-state index >= 15 is 0 Å². The summed E-state index contributed by atoms with van der Waals surface area (Å²) in [6.07, 6.45) is 1.10. The van der Waals surface area contributed by atoms with Gasteiger partial charge in [-0.3, -0.25) is 4.79 Å². The summed E-state index contributed by atoms with van der Waals surface area (Å²) in [5.74, 6) is 1.51. The minimum absolute atomic E-state index is 0.0369. The second-order valence-electron chi connectivity index (χ2n) is 4.14. The molecule has 2 N–H and O–H groups in total. The number of carbonyl (C=O) groups excluding carboxylic acids is 1. The number of carbonyl (C=O) groups is 1. The fraction of sp³-hybridized carbons (Fsp3) is 0.462. The Morgan fingerprint density at radius 1 is 1.59 bits per heavy atom. The molecule has 0 fully saturated rings. The van der Waals surface area contributed by atoms with Crippen LogP contribution in [0.15, 0.2) is 6.07 Å². The number of hydrogen-bond donors (Lipinski definition) is 1. The molecule has 1 aliphatic rings. The number of hydrogen-bond acceptors (Lipinski definition) is 4.